The number of sulfonamides is 1. The monoisotopic (exact) mass is 443 g/mol. The molecule has 1 N–H and O–H groups in total. The molecule has 0 amide bonds. The van der Waals surface area contributed by atoms with Gasteiger partial charge in [-0.05, 0) is 54.8 Å². The molecule has 8 heteroatoms. The maximum Gasteiger partial charge on any atom is 0.240 e. The minimum atomic E-state index is -3.65. The van der Waals surface area contributed by atoms with Crippen molar-refractivity contribution in [1.29, 1.82) is 0 Å². The first-order chi connectivity index (χ1) is 14.4. The van der Waals surface area contributed by atoms with E-state index >= 15 is 0 Å². The highest BCUT2D eigenvalue weighted by molar-refractivity contribution is 7.91. The Bertz CT molecular complexity index is 1240. The average molecular weight is 444 g/mol. The van der Waals surface area contributed by atoms with Crippen molar-refractivity contribution in [3.63, 3.8) is 0 Å². The smallest absolute Gasteiger partial charge is 0.240 e. The Balaban J connectivity index is 1.51. The van der Waals surface area contributed by atoms with E-state index in [9.17, 15) is 16.8 Å². The lowest BCUT2D eigenvalue weighted by molar-refractivity contribution is 0.176. The van der Waals surface area contributed by atoms with Crippen molar-refractivity contribution in [2.45, 2.75) is 33.6 Å². The van der Waals surface area contributed by atoms with E-state index in [0.29, 0.717) is 18.6 Å². The summed E-state index contributed by atoms with van der Waals surface area (Å²) in [6.07, 6.45) is 0.930. The molecule has 0 saturated carbocycles. The SMILES string of the molecule is O=S(=O)(NC[C@H]1CCc2ccc(S(=O)(=O)c3ccccc3)cc2O1)c1ccccc1. The lowest BCUT2D eigenvalue weighted by atomic mass is 10.0. The second-order valence-corrected chi connectivity index (χ2v) is 10.7. The van der Waals surface area contributed by atoms with Crippen LogP contribution in [-0.2, 0) is 26.3 Å². The molecule has 1 aliphatic heterocycles. The molecule has 3 aromatic rings. The zero-order chi connectivity index (χ0) is 21.2. The minimum Gasteiger partial charge on any atom is -0.489 e. The minimum absolute atomic E-state index is 0.104. The van der Waals surface area contributed by atoms with Gasteiger partial charge in [-0.25, -0.2) is 21.6 Å². The van der Waals surface area contributed by atoms with Gasteiger partial charge in [-0.15, -0.1) is 0 Å². The van der Waals surface area contributed by atoms with Crippen LogP contribution in [0.15, 0.2) is 93.5 Å². The Morgan fingerprint density at radius 1 is 0.800 bits per heavy atom. The normalized spacial score (nSPS) is 16.5. The molecule has 0 saturated heterocycles. The van der Waals surface area contributed by atoms with Gasteiger partial charge in [-0.2, -0.15) is 0 Å². The lowest BCUT2D eigenvalue weighted by Crippen LogP contribution is -2.37. The number of sulfone groups is 1. The average Bonchev–Trinajstić information content (AvgIpc) is 2.78. The van der Waals surface area contributed by atoms with Crippen LogP contribution in [-0.4, -0.2) is 29.5 Å². The van der Waals surface area contributed by atoms with Crippen LogP contribution >= 0.6 is 0 Å². The van der Waals surface area contributed by atoms with Crippen molar-refractivity contribution in [3.05, 3.63) is 84.4 Å². The predicted molar refractivity (Wildman–Crippen MR) is 113 cm³/mol. The largest absolute Gasteiger partial charge is 0.489 e. The molecule has 0 aromatic heterocycles. The van der Waals surface area contributed by atoms with Crippen molar-refractivity contribution in [1.82, 2.24) is 4.72 Å². The first kappa shape index (κ1) is 20.6. The van der Waals surface area contributed by atoms with Gasteiger partial charge < -0.3 is 4.74 Å². The maximum absolute atomic E-state index is 12.9. The summed E-state index contributed by atoms with van der Waals surface area (Å²) in [6, 6.07) is 21.2. The van der Waals surface area contributed by atoms with Crippen LogP contribution in [0.1, 0.15) is 12.0 Å². The molecule has 0 fully saturated rings. The van der Waals surface area contributed by atoms with Crippen LogP contribution < -0.4 is 9.46 Å². The summed E-state index contributed by atoms with van der Waals surface area (Å²) in [5.41, 5.74) is 0.907. The summed E-state index contributed by atoms with van der Waals surface area (Å²) in [4.78, 5) is 0.559. The highest BCUT2D eigenvalue weighted by Crippen LogP contribution is 2.32. The van der Waals surface area contributed by atoms with Crippen molar-refractivity contribution in [2.24, 2.45) is 0 Å². The van der Waals surface area contributed by atoms with E-state index in [2.05, 4.69) is 4.72 Å². The van der Waals surface area contributed by atoms with Gasteiger partial charge in [0.25, 0.3) is 0 Å². The van der Waals surface area contributed by atoms with Gasteiger partial charge >= 0.3 is 0 Å². The number of hydrogen-bond donors (Lipinski definition) is 1. The fourth-order valence-electron chi connectivity index (χ4n) is 3.34. The van der Waals surface area contributed by atoms with E-state index in [4.69, 9.17) is 4.74 Å². The van der Waals surface area contributed by atoms with Gasteiger partial charge in [0.2, 0.25) is 19.9 Å². The molecule has 156 valence electrons. The molecule has 30 heavy (non-hydrogen) atoms. The molecule has 0 radical (unpaired) electrons. The first-order valence-electron chi connectivity index (χ1n) is 9.51. The van der Waals surface area contributed by atoms with E-state index in [1.54, 1.807) is 60.7 Å². The van der Waals surface area contributed by atoms with Crippen molar-refractivity contribution < 1.29 is 21.6 Å². The van der Waals surface area contributed by atoms with Gasteiger partial charge in [-0.1, -0.05) is 42.5 Å². The maximum atomic E-state index is 12.9. The summed E-state index contributed by atoms with van der Waals surface area (Å²) >= 11 is 0. The van der Waals surface area contributed by atoms with Crippen LogP contribution in [0, 0.1) is 0 Å². The second kappa shape index (κ2) is 8.22. The topological polar surface area (TPSA) is 89.5 Å². The highest BCUT2D eigenvalue weighted by atomic mass is 32.2. The Labute approximate surface area is 176 Å². The standard InChI is InChI=1S/C22H21NO5S2/c24-29(25,19-7-3-1-4-8-19)21-14-12-17-11-13-18(28-22(17)15-21)16-23-30(26,27)20-9-5-2-6-10-20/h1-10,12,14-15,18,23H,11,13,16H2/t18-/m1/s1. The molecule has 3 aromatic carbocycles. The van der Waals surface area contributed by atoms with E-state index in [1.807, 2.05) is 0 Å². The van der Waals surface area contributed by atoms with Gasteiger partial charge in [0.1, 0.15) is 11.9 Å². The van der Waals surface area contributed by atoms with Crippen molar-refractivity contribution in [2.75, 3.05) is 6.54 Å². The van der Waals surface area contributed by atoms with Gasteiger partial charge in [0, 0.05) is 6.54 Å². The number of aryl methyl sites for hydroxylation is 1. The predicted octanol–water partition coefficient (Wildman–Crippen LogP) is 3.19. The highest BCUT2D eigenvalue weighted by Gasteiger charge is 2.25. The zero-order valence-corrected chi connectivity index (χ0v) is 17.7. The van der Waals surface area contributed by atoms with Crippen LogP contribution in [0.4, 0.5) is 0 Å². The number of hydrogen-bond acceptors (Lipinski definition) is 5. The molecule has 4 rings (SSSR count). The fourth-order valence-corrected chi connectivity index (χ4v) is 5.72. The third-order valence-electron chi connectivity index (χ3n) is 4.99. The van der Waals surface area contributed by atoms with E-state index in [0.717, 1.165) is 5.56 Å². The fraction of sp³-hybridized carbons (Fsp3) is 0.182. The summed E-state index contributed by atoms with van der Waals surface area (Å²) in [5, 5.41) is 0. The van der Waals surface area contributed by atoms with E-state index in [-0.39, 0.29) is 27.3 Å². The van der Waals surface area contributed by atoms with Crippen molar-refractivity contribution >= 4 is 19.9 Å². The van der Waals surface area contributed by atoms with E-state index in [1.165, 1.54) is 18.2 Å². The number of rotatable bonds is 6. The number of ether oxygens (including phenoxy) is 1. The number of benzene rings is 3. The zero-order valence-electron chi connectivity index (χ0n) is 16.1. The summed E-state index contributed by atoms with van der Waals surface area (Å²) in [7, 11) is -7.28. The molecular formula is C22H21NO5S2. The second-order valence-electron chi connectivity index (χ2n) is 7.03. The summed E-state index contributed by atoms with van der Waals surface area (Å²) < 4.78 is 59.1. The van der Waals surface area contributed by atoms with Crippen LogP contribution in [0.2, 0.25) is 0 Å². The Morgan fingerprint density at radius 2 is 1.43 bits per heavy atom. The number of fused-ring (bicyclic) bond motifs is 1. The summed E-state index contributed by atoms with van der Waals surface area (Å²) in [5.74, 6) is 0.474. The van der Waals surface area contributed by atoms with Crippen LogP contribution in [0.5, 0.6) is 5.75 Å². The third-order valence-corrected chi connectivity index (χ3v) is 8.19. The molecule has 0 unspecified atom stereocenters. The van der Waals surface area contributed by atoms with Gasteiger partial charge in [0.15, 0.2) is 0 Å². The van der Waals surface area contributed by atoms with Crippen LogP contribution in [0.25, 0.3) is 0 Å². The molecule has 6 nitrogen and oxygen atoms in total. The molecule has 1 aliphatic rings. The van der Waals surface area contributed by atoms with Crippen molar-refractivity contribution in [3.8, 4) is 5.75 Å². The quantitative estimate of drug-likeness (QED) is 0.632. The van der Waals surface area contributed by atoms with Crippen LogP contribution in [0.3, 0.4) is 0 Å². The van der Waals surface area contributed by atoms with E-state index < -0.39 is 19.9 Å². The molecule has 0 aliphatic carbocycles. The lowest BCUT2D eigenvalue weighted by Gasteiger charge is -2.26. The molecule has 0 bridgehead atoms. The first-order valence-corrected chi connectivity index (χ1v) is 12.5. The molecular weight excluding hydrogens is 422 g/mol. The summed E-state index contributed by atoms with van der Waals surface area (Å²) in [6.45, 7) is 0.104. The molecule has 0 spiro atoms. The molecule has 1 heterocycles. The molecule has 1 atom stereocenters. The Kier molecular flexibility index (Phi) is 5.64. The number of nitrogens with one attached hydrogen (secondary N) is 1. The Hall–Kier alpha value is -2.68. The Morgan fingerprint density at radius 3 is 2.10 bits per heavy atom. The van der Waals surface area contributed by atoms with Gasteiger partial charge in [0.05, 0.1) is 14.7 Å². The van der Waals surface area contributed by atoms with Gasteiger partial charge in [-0.3, -0.25) is 0 Å². The third kappa shape index (κ3) is 4.26.